The highest BCUT2D eigenvalue weighted by Crippen LogP contribution is 2.18. The number of nitrogens with one attached hydrogen (secondary N) is 1. The molecule has 5 heteroatoms. The minimum absolute atomic E-state index is 0.113. The van der Waals surface area contributed by atoms with Crippen LogP contribution in [-0.4, -0.2) is 23.8 Å². The Bertz CT molecular complexity index is 679. The van der Waals surface area contributed by atoms with Crippen LogP contribution in [0.25, 0.3) is 0 Å². The molecule has 0 saturated heterocycles. The Labute approximate surface area is 135 Å². The number of hydrazone groups is 1. The van der Waals surface area contributed by atoms with Crippen LogP contribution in [0.4, 0.5) is 0 Å². The molecule has 0 aliphatic heterocycles. The van der Waals surface area contributed by atoms with Crippen LogP contribution in [0.1, 0.15) is 30.9 Å². The normalized spacial score (nSPS) is 10.9. The lowest BCUT2D eigenvalue weighted by Crippen LogP contribution is -2.24. The van der Waals surface area contributed by atoms with Crippen molar-refractivity contribution in [3.8, 4) is 11.5 Å². The van der Waals surface area contributed by atoms with Crippen molar-refractivity contribution < 1.29 is 14.6 Å². The van der Waals surface area contributed by atoms with Gasteiger partial charge in [0.15, 0.2) is 6.61 Å². The second-order valence-electron chi connectivity index (χ2n) is 5.40. The number of hydrogen-bond acceptors (Lipinski definition) is 4. The molecule has 2 aromatic rings. The first-order valence-corrected chi connectivity index (χ1v) is 7.38. The van der Waals surface area contributed by atoms with Gasteiger partial charge in [0.2, 0.25) is 0 Å². The van der Waals surface area contributed by atoms with Gasteiger partial charge in [0.25, 0.3) is 5.91 Å². The van der Waals surface area contributed by atoms with Crippen LogP contribution in [0.15, 0.2) is 53.6 Å². The second kappa shape index (κ2) is 7.98. The summed E-state index contributed by atoms with van der Waals surface area (Å²) in [6, 6.07) is 14.2. The number of carbonyl (C=O) groups is 1. The van der Waals surface area contributed by atoms with Crippen LogP contribution in [0, 0.1) is 0 Å². The SMILES string of the molecule is CC(C)c1ccc(OCC(=O)NN=Cc2cccc(O)c2)cc1. The van der Waals surface area contributed by atoms with Crippen LogP contribution in [0.2, 0.25) is 0 Å². The Morgan fingerprint density at radius 1 is 1.26 bits per heavy atom. The highest BCUT2D eigenvalue weighted by molar-refractivity contribution is 5.83. The van der Waals surface area contributed by atoms with Crippen molar-refractivity contribution in [2.45, 2.75) is 19.8 Å². The third-order valence-electron chi connectivity index (χ3n) is 3.19. The molecule has 23 heavy (non-hydrogen) atoms. The minimum atomic E-state index is -0.352. The maximum absolute atomic E-state index is 11.6. The first kappa shape index (κ1) is 16.5. The molecule has 0 bridgehead atoms. The van der Waals surface area contributed by atoms with Crippen molar-refractivity contribution in [3.05, 3.63) is 59.7 Å². The van der Waals surface area contributed by atoms with Crippen molar-refractivity contribution in [1.29, 1.82) is 0 Å². The maximum Gasteiger partial charge on any atom is 0.277 e. The largest absolute Gasteiger partial charge is 0.508 e. The first-order valence-electron chi connectivity index (χ1n) is 7.38. The van der Waals surface area contributed by atoms with Gasteiger partial charge in [0, 0.05) is 0 Å². The summed E-state index contributed by atoms with van der Waals surface area (Å²) in [5.41, 5.74) is 4.28. The zero-order chi connectivity index (χ0) is 16.7. The summed E-state index contributed by atoms with van der Waals surface area (Å²) in [6.45, 7) is 4.12. The summed E-state index contributed by atoms with van der Waals surface area (Å²) < 4.78 is 5.40. The molecule has 0 radical (unpaired) electrons. The molecular weight excluding hydrogens is 292 g/mol. The molecule has 2 rings (SSSR count). The molecule has 2 aromatic carbocycles. The maximum atomic E-state index is 11.6. The molecule has 120 valence electrons. The number of aromatic hydroxyl groups is 1. The molecule has 1 amide bonds. The Morgan fingerprint density at radius 2 is 2.00 bits per heavy atom. The number of amides is 1. The van der Waals surface area contributed by atoms with Gasteiger partial charge < -0.3 is 9.84 Å². The number of carbonyl (C=O) groups excluding carboxylic acids is 1. The van der Waals surface area contributed by atoms with E-state index in [1.54, 1.807) is 24.3 Å². The second-order valence-corrected chi connectivity index (χ2v) is 5.40. The molecule has 0 spiro atoms. The fourth-order valence-electron chi connectivity index (χ4n) is 1.91. The predicted molar refractivity (Wildman–Crippen MR) is 89.9 cm³/mol. The predicted octanol–water partition coefficient (Wildman–Crippen LogP) is 3.04. The van der Waals surface area contributed by atoms with Gasteiger partial charge in [-0.15, -0.1) is 0 Å². The van der Waals surface area contributed by atoms with E-state index in [1.165, 1.54) is 11.8 Å². The van der Waals surface area contributed by atoms with E-state index in [2.05, 4.69) is 24.4 Å². The van der Waals surface area contributed by atoms with Crippen molar-refractivity contribution in [2.75, 3.05) is 6.61 Å². The Kier molecular flexibility index (Phi) is 5.74. The topological polar surface area (TPSA) is 70.9 Å². The van der Waals surface area contributed by atoms with Crippen molar-refractivity contribution in [2.24, 2.45) is 5.10 Å². The lowest BCUT2D eigenvalue weighted by Gasteiger charge is -2.08. The summed E-state index contributed by atoms with van der Waals surface area (Å²) in [7, 11) is 0. The Balaban J connectivity index is 1.78. The van der Waals surface area contributed by atoms with Gasteiger partial charge in [0.1, 0.15) is 11.5 Å². The molecule has 0 fully saturated rings. The van der Waals surface area contributed by atoms with E-state index in [4.69, 9.17) is 4.74 Å². The van der Waals surface area contributed by atoms with Crippen LogP contribution in [-0.2, 0) is 4.79 Å². The van der Waals surface area contributed by atoms with Crippen molar-refractivity contribution in [1.82, 2.24) is 5.43 Å². The van der Waals surface area contributed by atoms with E-state index in [0.717, 1.165) is 0 Å². The number of phenols is 1. The average molecular weight is 312 g/mol. The lowest BCUT2D eigenvalue weighted by molar-refractivity contribution is -0.123. The van der Waals surface area contributed by atoms with Crippen molar-refractivity contribution in [3.63, 3.8) is 0 Å². The van der Waals surface area contributed by atoms with Gasteiger partial charge in [0.05, 0.1) is 6.21 Å². The quantitative estimate of drug-likeness (QED) is 0.636. The number of benzene rings is 2. The average Bonchev–Trinajstić information content (AvgIpc) is 2.53. The van der Waals surface area contributed by atoms with Gasteiger partial charge >= 0.3 is 0 Å². The number of ether oxygens (including phenoxy) is 1. The molecule has 0 heterocycles. The van der Waals surface area contributed by atoms with E-state index in [0.29, 0.717) is 17.2 Å². The standard InChI is InChI=1S/C18H20N2O3/c1-13(2)15-6-8-17(9-7-15)23-12-18(22)20-19-11-14-4-3-5-16(21)10-14/h3-11,13,21H,12H2,1-2H3,(H,20,22). The third kappa shape index (κ3) is 5.47. The lowest BCUT2D eigenvalue weighted by atomic mass is 10.0. The summed E-state index contributed by atoms with van der Waals surface area (Å²) in [5, 5.41) is 13.1. The smallest absolute Gasteiger partial charge is 0.277 e. The molecule has 0 aliphatic carbocycles. The highest BCUT2D eigenvalue weighted by Gasteiger charge is 2.03. The molecule has 0 aromatic heterocycles. The summed E-state index contributed by atoms with van der Waals surface area (Å²) in [4.78, 5) is 11.6. The summed E-state index contributed by atoms with van der Waals surface area (Å²) in [6.07, 6.45) is 1.45. The van der Waals surface area contributed by atoms with Gasteiger partial charge in [-0.25, -0.2) is 5.43 Å². The number of rotatable bonds is 6. The van der Waals surface area contributed by atoms with E-state index in [-0.39, 0.29) is 18.3 Å². The van der Waals surface area contributed by atoms with E-state index in [9.17, 15) is 9.90 Å². The molecule has 0 saturated carbocycles. The molecule has 0 aliphatic rings. The molecular formula is C18H20N2O3. The highest BCUT2D eigenvalue weighted by atomic mass is 16.5. The van der Waals surface area contributed by atoms with Crippen molar-refractivity contribution >= 4 is 12.1 Å². The minimum Gasteiger partial charge on any atom is -0.508 e. The van der Waals surface area contributed by atoms with Gasteiger partial charge in [-0.1, -0.05) is 38.1 Å². The molecule has 0 atom stereocenters. The number of nitrogens with zero attached hydrogens (tertiary/aromatic N) is 1. The molecule has 2 N–H and O–H groups in total. The van der Waals surface area contributed by atoms with Crippen LogP contribution >= 0.6 is 0 Å². The van der Waals surface area contributed by atoms with Gasteiger partial charge in [-0.3, -0.25) is 4.79 Å². The Hall–Kier alpha value is -2.82. The molecule has 0 unspecified atom stereocenters. The monoisotopic (exact) mass is 312 g/mol. The fourth-order valence-corrected chi connectivity index (χ4v) is 1.91. The third-order valence-corrected chi connectivity index (χ3v) is 3.19. The van der Waals surface area contributed by atoms with E-state index >= 15 is 0 Å². The van der Waals surface area contributed by atoms with Gasteiger partial charge in [-0.2, -0.15) is 5.10 Å². The molecule has 5 nitrogen and oxygen atoms in total. The number of hydrogen-bond donors (Lipinski definition) is 2. The van der Waals surface area contributed by atoms with Gasteiger partial charge in [-0.05, 0) is 41.3 Å². The zero-order valence-electron chi connectivity index (χ0n) is 13.2. The Morgan fingerprint density at radius 3 is 2.65 bits per heavy atom. The number of phenolic OH excluding ortho intramolecular Hbond substituents is 1. The van der Waals surface area contributed by atoms with E-state index in [1.807, 2.05) is 24.3 Å². The van der Waals surface area contributed by atoms with E-state index < -0.39 is 0 Å². The first-order chi connectivity index (χ1) is 11.0. The van der Waals surface area contributed by atoms with Crippen LogP contribution in [0.3, 0.4) is 0 Å². The zero-order valence-corrected chi connectivity index (χ0v) is 13.2. The summed E-state index contributed by atoms with van der Waals surface area (Å²) in [5.74, 6) is 0.892. The fraction of sp³-hybridized carbons (Fsp3) is 0.222. The van der Waals surface area contributed by atoms with Crippen LogP contribution < -0.4 is 10.2 Å². The summed E-state index contributed by atoms with van der Waals surface area (Å²) >= 11 is 0. The van der Waals surface area contributed by atoms with Crippen LogP contribution in [0.5, 0.6) is 11.5 Å².